The number of nitrogens with zero attached hydrogens (tertiary/aromatic N) is 4. The van der Waals surface area contributed by atoms with Gasteiger partial charge in [-0.05, 0) is 42.0 Å². The summed E-state index contributed by atoms with van der Waals surface area (Å²) < 4.78 is 0. The van der Waals surface area contributed by atoms with Crippen molar-refractivity contribution in [2.24, 2.45) is 0 Å². The number of aromatic nitrogens is 2. The van der Waals surface area contributed by atoms with Gasteiger partial charge < -0.3 is 9.80 Å². The first-order chi connectivity index (χ1) is 13.2. The molecule has 0 N–H and O–H groups in total. The maximum absolute atomic E-state index is 13.2. The van der Waals surface area contributed by atoms with Gasteiger partial charge in [0, 0.05) is 31.2 Å². The van der Waals surface area contributed by atoms with Gasteiger partial charge in [0.1, 0.15) is 17.0 Å². The summed E-state index contributed by atoms with van der Waals surface area (Å²) in [6, 6.07) is 9.84. The van der Waals surface area contributed by atoms with E-state index < -0.39 is 0 Å². The highest BCUT2D eigenvalue weighted by Crippen LogP contribution is 2.50. The second kappa shape index (κ2) is 6.46. The summed E-state index contributed by atoms with van der Waals surface area (Å²) in [7, 11) is 0. The number of carbonyl (C=O) groups is 1. The molecule has 1 aromatic carbocycles. The van der Waals surface area contributed by atoms with Gasteiger partial charge in [0.05, 0.1) is 10.8 Å². The first-order valence-corrected chi connectivity index (χ1v) is 10.4. The zero-order valence-electron chi connectivity index (χ0n) is 14.8. The van der Waals surface area contributed by atoms with Crippen molar-refractivity contribution in [2.45, 2.75) is 18.3 Å². The van der Waals surface area contributed by atoms with E-state index in [1.54, 1.807) is 17.7 Å². The molecule has 7 heteroatoms. The Balaban J connectivity index is 1.32. The quantitative estimate of drug-likeness (QED) is 0.674. The third-order valence-corrected chi connectivity index (χ3v) is 6.70. The first kappa shape index (κ1) is 17.0. The smallest absolute Gasteiger partial charge is 0.233 e. The SMILES string of the molecule is O=C(N1CCN(c2ncnc3sccc23)CC1)C1(c2cccc(Cl)c2)CC1. The summed E-state index contributed by atoms with van der Waals surface area (Å²) in [6.07, 6.45) is 3.45. The number of piperazine rings is 1. The molecule has 0 bridgehead atoms. The molecule has 0 radical (unpaired) electrons. The summed E-state index contributed by atoms with van der Waals surface area (Å²) in [5.74, 6) is 1.22. The van der Waals surface area contributed by atoms with Crippen molar-refractivity contribution >= 4 is 44.9 Å². The van der Waals surface area contributed by atoms with Crippen LogP contribution < -0.4 is 4.90 Å². The van der Waals surface area contributed by atoms with Crippen LogP contribution in [0.25, 0.3) is 10.2 Å². The van der Waals surface area contributed by atoms with Crippen LogP contribution in [0.4, 0.5) is 5.82 Å². The van der Waals surface area contributed by atoms with E-state index >= 15 is 0 Å². The highest BCUT2D eigenvalue weighted by Gasteiger charge is 2.53. The predicted molar refractivity (Wildman–Crippen MR) is 109 cm³/mol. The van der Waals surface area contributed by atoms with Crippen LogP contribution in [-0.4, -0.2) is 47.0 Å². The number of hydrogen-bond acceptors (Lipinski definition) is 5. The Bertz CT molecular complexity index is 1010. The molecule has 1 amide bonds. The van der Waals surface area contributed by atoms with Crippen LogP contribution >= 0.6 is 22.9 Å². The molecule has 0 unspecified atom stereocenters. The second-order valence-corrected chi connectivity index (χ2v) is 8.54. The van der Waals surface area contributed by atoms with E-state index in [9.17, 15) is 4.79 Å². The highest BCUT2D eigenvalue weighted by molar-refractivity contribution is 7.16. The van der Waals surface area contributed by atoms with Gasteiger partial charge in [-0.25, -0.2) is 9.97 Å². The Morgan fingerprint density at radius 1 is 1.11 bits per heavy atom. The average molecular weight is 399 g/mol. The fraction of sp³-hybridized carbons (Fsp3) is 0.350. The van der Waals surface area contributed by atoms with Crippen molar-refractivity contribution in [2.75, 3.05) is 31.1 Å². The summed E-state index contributed by atoms with van der Waals surface area (Å²) in [5, 5.41) is 3.84. The largest absolute Gasteiger partial charge is 0.352 e. The summed E-state index contributed by atoms with van der Waals surface area (Å²) in [6.45, 7) is 3.02. The number of halogens is 1. The van der Waals surface area contributed by atoms with Crippen molar-refractivity contribution in [3.8, 4) is 0 Å². The summed E-state index contributed by atoms with van der Waals surface area (Å²) >= 11 is 7.78. The monoisotopic (exact) mass is 398 g/mol. The third kappa shape index (κ3) is 2.87. The number of thiophene rings is 1. The van der Waals surface area contributed by atoms with E-state index in [0.717, 1.165) is 60.6 Å². The lowest BCUT2D eigenvalue weighted by molar-refractivity contribution is -0.134. The lowest BCUT2D eigenvalue weighted by atomic mass is 9.94. The maximum atomic E-state index is 13.2. The molecule has 5 rings (SSSR count). The van der Waals surface area contributed by atoms with E-state index in [-0.39, 0.29) is 11.3 Å². The lowest BCUT2D eigenvalue weighted by Crippen LogP contribution is -2.51. The number of rotatable bonds is 3. The Labute approximate surface area is 166 Å². The molecule has 1 aliphatic heterocycles. The van der Waals surface area contributed by atoms with Crippen LogP contribution in [-0.2, 0) is 10.2 Å². The van der Waals surface area contributed by atoms with E-state index in [0.29, 0.717) is 5.02 Å². The number of benzene rings is 1. The van der Waals surface area contributed by atoms with E-state index in [1.165, 1.54) is 0 Å². The van der Waals surface area contributed by atoms with Gasteiger partial charge >= 0.3 is 0 Å². The van der Waals surface area contributed by atoms with Crippen LogP contribution in [0.5, 0.6) is 0 Å². The van der Waals surface area contributed by atoms with E-state index in [4.69, 9.17) is 11.6 Å². The van der Waals surface area contributed by atoms with Crippen molar-refractivity contribution in [3.63, 3.8) is 0 Å². The number of amides is 1. The van der Waals surface area contributed by atoms with Crippen molar-refractivity contribution in [1.29, 1.82) is 0 Å². The molecule has 5 nitrogen and oxygen atoms in total. The number of anilines is 1. The summed E-state index contributed by atoms with van der Waals surface area (Å²) in [4.78, 5) is 27.4. The van der Waals surface area contributed by atoms with Gasteiger partial charge in [0.2, 0.25) is 5.91 Å². The molecule has 138 valence electrons. The standard InChI is InChI=1S/C20H19ClN4OS/c21-15-3-1-2-14(12-15)20(5-6-20)19(26)25-9-7-24(8-10-25)17-16-4-11-27-18(16)23-13-22-17/h1-4,11-13H,5-10H2. The van der Waals surface area contributed by atoms with Crippen molar-refractivity contribution < 1.29 is 4.79 Å². The maximum Gasteiger partial charge on any atom is 0.233 e. The molecule has 1 saturated carbocycles. The number of carbonyl (C=O) groups excluding carboxylic acids is 1. The Morgan fingerprint density at radius 3 is 2.67 bits per heavy atom. The van der Waals surface area contributed by atoms with Gasteiger partial charge in [-0.3, -0.25) is 4.79 Å². The Kier molecular flexibility index (Phi) is 4.06. The van der Waals surface area contributed by atoms with Crippen LogP contribution in [0.2, 0.25) is 5.02 Å². The van der Waals surface area contributed by atoms with Crippen LogP contribution in [0.3, 0.4) is 0 Å². The molecule has 0 atom stereocenters. The zero-order valence-corrected chi connectivity index (χ0v) is 16.3. The molecule has 1 aliphatic carbocycles. The molecule has 1 saturated heterocycles. The molecule has 3 aromatic rings. The molecule has 2 fully saturated rings. The van der Waals surface area contributed by atoms with Crippen molar-refractivity contribution in [1.82, 2.24) is 14.9 Å². The molecule has 0 spiro atoms. The zero-order chi connectivity index (χ0) is 18.4. The Hall–Kier alpha value is -2.18. The minimum atomic E-state index is -0.359. The molecular formula is C20H19ClN4OS. The molecule has 27 heavy (non-hydrogen) atoms. The van der Waals surface area contributed by atoms with Gasteiger partial charge in [0.15, 0.2) is 0 Å². The summed E-state index contributed by atoms with van der Waals surface area (Å²) in [5.41, 5.74) is 0.695. The first-order valence-electron chi connectivity index (χ1n) is 9.16. The Morgan fingerprint density at radius 2 is 1.93 bits per heavy atom. The minimum Gasteiger partial charge on any atom is -0.352 e. The minimum absolute atomic E-state index is 0.243. The average Bonchev–Trinajstić information content (AvgIpc) is 3.37. The molecule has 3 heterocycles. The fourth-order valence-electron chi connectivity index (χ4n) is 3.99. The number of hydrogen-bond donors (Lipinski definition) is 0. The molecule has 2 aromatic heterocycles. The van der Waals surface area contributed by atoms with Crippen LogP contribution in [0, 0.1) is 0 Å². The highest BCUT2D eigenvalue weighted by atomic mass is 35.5. The van der Waals surface area contributed by atoms with Crippen LogP contribution in [0.15, 0.2) is 42.0 Å². The molecular weight excluding hydrogens is 380 g/mol. The fourth-order valence-corrected chi connectivity index (χ4v) is 4.91. The van der Waals surface area contributed by atoms with Gasteiger partial charge in [0.25, 0.3) is 0 Å². The van der Waals surface area contributed by atoms with E-state index in [2.05, 4.69) is 20.9 Å². The van der Waals surface area contributed by atoms with E-state index in [1.807, 2.05) is 34.5 Å². The van der Waals surface area contributed by atoms with Crippen molar-refractivity contribution in [3.05, 3.63) is 52.6 Å². The lowest BCUT2D eigenvalue weighted by Gasteiger charge is -2.37. The molecule has 2 aliphatic rings. The van der Waals surface area contributed by atoms with Crippen LogP contribution in [0.1, 0.15) is 18.4 Å². The topological polar surface area (TPSA) is 49.3 Å². The number of fused-ring (bicyclic) bond motifs is 1. The third-order valence-electron chi connectivity index (χ3n) is 5.64. The predicted octanol–water partition coefficient (Wildman–Crippen LogP) is 3.73. The van der Waals surface area contributed by atoms with Gasteiger partial charge in [-0.1, -0.05) is 23.7 Å². The van der Waals surface area contributed by atoms with Gasteiger partial charge in [-0.2, -0.15) is 0 Å². The second-order valence-electron chi connectivity index (χ2n) is 7.21. The normalized spacial score (nSPS) is 18.7. The van der Waals surface area contributed by atoms with Gasteiger partial charge in [-0.15, -0.1) is 11.3 Å².